The van der Waals surface area contributed by atoms with Crippen LogP contribution >= 0.6 is 11.6 Å². The number of piperazine rings is 1. The number of benzene rings is 1. The van der Waals surface area contributed by atoms with Gasteiger partial charge in [0.15, 0.2) is 0 Å². The molecule has 0 N–H and O–H groups in total. The molecule has 24 heavy (non-hydrogen) atoms. The molecule has 1 saturated carbocycles. The second-order valence-electron chi connectivity index (χ2n) is 7.23. The van der Waals surface area contributed by atoms with E-state index in [1.165, 1.54) is 12.8 Å². The molecule has 5 heteroatoms. The average molecular weight is 349 g/mol. The van der Waals surface area contributed by atoms with E-state index < -0.39 is 0 Å². The van der Waals surface area contributed by atoms with Crippen LogP contribution in [0.4, 0.5) is 0 Å². The lowest BCUT2D eigenvalue weighted by Gasteiger charge is -2.36. The Hall–Kier alpha value is -1.10. The van der Waals surface area contributed by atoms with Crippen molar-refractivity contribution in [2.45, 2.75) is 31.3 Å². The molecule has 3 unspecified atom stereocenters. The first kappa shape index (κ1) is 16.4. The van der Waals surface area contributed by atoms with Crippen LogP contribution < -0.4 is 0 Å². The summed E-state index contributed by atoms with van der Waals surface area (Å²) in [6, 6.07) is 7.92. The highest BCUT2D eigenvalue weighted by Gasteiger charge is 2.46. The van der Waals surface area contributed by atoms with Gasteiger partial charge in [0, 0.05) is 50.3 Å². The highest BCUT2D eigenvalue weighted by molar-refractivity contribution is 6.31. The van der Waals surface area contributed by atoms with Crippen LogP contribution in [0.15, 0.2) is 24.3 Å². The molecule has 3 aliphatic rings. The summed E-state index contributed by atoms with van der Waals surface area (Å²) in [4.78, 5) is 17.2. The van der Waals surface area contributed by atoms with E-state index in [2.05, 4.69) is 11.0 Å². The summed E-state index contributed by atoms with van der Waals surface area (Å²) < 4.78 is 5.72. The first-order valence-corrected chi connectivity index (χ1v) is 9.47. The van der Waals surface area contributed by atoms with Crippen LogP contribution in [0.3, 0.4) is 0 Å². The van der Waals surface area contributed by atoms with Gasteiger partial charge in [-0.2, -0.15) is 0 Å². The molecule has 4 nitrogen and oxygen atoms in total. The molecular weight excluding hydrogens is 324 g/mol. The molecule has 2 heterocycles. The average Bonchev–Trinajstić information content (AvgIpc) is 3.23. The fourth-order valence-electron chi connectivity index (χ4n) is 4.05. The summed E-state index contributed by atoms with van der Waals surface area (Å²) in [7, 11) is 0. The minimum absolute atomic E-state index is 0.134. The van der Waals surface area contributed by atoms with E-state index in [0.29, 0.717) is 17.9 Å². The van der Waals surface area contributed by atoms with Gasteiger partial charge in [-0.25, -0.2) is 0 Å². The molecule has 4 rings (SSSR count). The Labute approximate surface area is 148 Å². The van der Waals surface area contributed by atoms with Gasteiger partial charge in [-0.1, -0.05) is 29.8 Å². The maximum Gasteiger partial charge on any atom is 0.226 e. The van der Waals surface area contributed by atoms with Gasteiger partial charge in [-0.3, -0.25) is 9.69 Å². The van der Waals surface area contributed by atoms with Crippen molar-refractivity contribution in [1.29, 1.82) is 0 Å². The molecule has 0 aromatic heterocycles. The Balaban J connectivity index is 1.27. The van der Waals surface area contributed by atoms with E-state index in [-0.39, 0.29) is 5.92 Å². The molecule has 3 atom stereocenters. The molecule has 2 saturated heterocycles. The van der Waals surface area contributed by atoms with Gasteiger partial charge in [0.05, 0.1) is 6.10 Å². The number of hydrogen-bond acceptors (Lipinski definition) is 3. The quantitative estimate of drug-likeness (QED) is 0.838. The molecule has 1 aliphatic carbocycles. The highest BCUT2D eigenvalue weighted by Crippen LogP contribution is 2.50. The number of amides is 1. The minimum Gasteiger partial charge on any atom is -0.377 e. The third kappa shape index (κ3) is 3.46. The molecule has 1 aromatic rings. The topological polar surface area (TPSA) is 32.8 Å². The minimum atomic E-state index is 0.134. The largest absolute Gasteiger partial charge is 0.377 e. The van der Waals surface area contributed by atoms with Crippen molar-refractivity contribution in [1.82, 2.24) is 9.80 Å². The van der Waals surface area contributed by atoms with Crippen LogP contribution in [0.2, 0.25) is 5.02 Å². The second-order valence-corrected chi connectivity index (χ2v) is 7.64. The van der Waals surface area contributed by atoms with Gasteiger partial charge in [0.1, 0.15) is 0 Å². The van der Waals surface area contributed by atoms with Gasteiger partial charge < -0.3 is 9.64 Å². The first-order chi connectivity index (χ1) is 11.7. The van der Waals surface area contributed by atoms with Crippen LogP contribution in [-0.4, -0.2) is 61.1 Å². The maximum atomic E-state index is 12.7. The number of hydrogen-bond donors (Lipinski definition) is 0. The third-order valence-corrected chi connectivity index (χ3v) is 5.93. The summed E-state index contributed by atoms with van der Waals surface area (Å²) in [5.74, 6) is 0.766. The monoisotopic (exact) mass is 348 g/mol. The Morgan fingerprint density at radius 1 is 1.21 bits per heavy atom. The molecular formula is C19H25ClN2O2. The van der Waals surface area contributed by atoms with E-state index in [0.717, 1.165) is 56.3 Å². The van der Waals surface area contributed by atoms with Crippen LogP contribution in [0.1, 0.15) is 30.7 Å². The Bertz CT molecular complexity index is 595. The van der Waals surface area contributed by atoms with E-state index in [1.54, 1.807) is 0 Å². The van der Waals surface area contributed by atoms with Crippen molar-refractivity contribution in [3.63, 3.8) is 0 Å². The van der Waals surface area contributed by atoms with Gasteiger partial charge in [-0.15, -0.1) is 0 Å². The third-order valence-electron chi connectivity index (χ3n) is 5.58. The van der Waals surface area contributed by atoms with Gasteiger partial charge >= 0.3 is 0 Å². The SMILES string of the molecule is O=C(C1CC1c1ccccc1Cl)N1CCN(CC2CCCO2)CC1. The molecule has 0 radical (unpaired) electrons. The number of halogens is 1. The summed E-state index contributed by atoms with van der Waals surface area (Å²) in [5.41, 5.74) is 1.13. The Morgan fingerprint density at radius 2 is 2.00 bits per heavy atom. The number of rotatable bonds is 4. The first-order valence-electron chi connectivity index (χ1n) is 9.09. The van der Waals surface area contributed by atoms with Crippen molar-refractivity contribution in [3.8, 4) is 0 Å². The number of carbonyl (C=O) groups excluding carboxylic acids is 1. The lowest BCUT2D eigenvalue weighted by Crippen LogP contribution is -2.50. The Kier molecular flexibility index (Phi) is 4.79. The van der Waals surface area contributed by atoms with Crippen LogP contribution in [0, 0.1) is 5.92 Å². The van der Waals surface area contributed by atoms with Crippen molar-refractivity contribution in [2.24, 2.45) is 5.92 Å². The molecule has 1 amide bonds. The molecule has 0 bridgehead atoms. The van der Waals surface area contributed by atoms with Crippen molar-refractivity contribution in [2.75, 3.05) is 39.3 Å². The number of ether oxygens (including phenoxy) is 1. The van der Waals surface area contributed by atoms with Crippen molar-refractivity contribution >= 4 is 17.5 Å². The highest BCUT2D eigenvalue weighted by atomic mass is 35.5. The van der Waals surface area contributed by atoms with Crippen molar-refractivity contribution < 1.29 is 9.53 Å². The summed E-state index contributed by atoms with van der Waals surface area (Å²) >= 11 is 6.27. The van der Waals surface area contributed by atoms with E-state index >= 15 is 0 Å². The van der Waals surface area contributed by atoms with Gasteiger partial charge in [0.2, 0.25) is 5.91 Å². The van der Waals surface area contributed by atoms with E-state index in [9.17, 15) is 4.79 Å². The standard InChI is InChI=1S/C19H25ClN2O2/c20-18-6-2-1-5-15(18)16-12-17(16)19(23)22-9-7-21(8-10-22)13-14-4-3-11-24-14/h1-2,5-6,14,16-17H,3-4,7-13H2. The zero-order valence-corrected chi connectivity index (χ0v) is 14.8. The van der Waals surface area contributed by atoms with Crippen LogP contribution in [0.5, 0.6) is 0 Å². The summed E-state index contributed by atoms with van der Waals surface area (Å²) in [6.07, 6.45) is 3.72. The second kappa shape index (κ2) is 7.03. The van der Waals surface area contributed by atoms with Crippen LogP contribution in [-0.2, 0) is 9.53 Å². The van der Waals surface area contributed by atoms with Gasteiger partial charge in [-0.05, 0) is 36.8 Å². The Morgan fingerprint density at radius 3 is 2.71 bits per heavy atom. The maximum absolute atomic E-state index is 12.7. The zero-order valence-electron chi connectivity index (χ0n) is 14.0. The zero-order chi connectivity index (χ0) is 16.5. The predicted octanol–water partition coefficient (Wildman–Crippen LogP) is 2.77. The smallest absolute Gasteiger partial charge is 0.226 e. The predicted molar refractivity (Wildman–Crippen MR) is 94.3 cm³/mol. The molecule has 1 aromatic carbocycles. The lowest BCUT2D eigenvalue weighted by molar-refractivity contribution is -0.134. The number of carbonyl (C=O) groups is 1. The molecule has 0 spiro atoms. The number of nitrogens with zero attached hydrogens (tertiary/aromatic N) is 2. The van der Waals surface area contributed by atoms with Crippen molar-refractivity contribution in [3.05, 3.63) is 34.9 Å². The van der Waals surface area contributed by atoms with E-state index in [1.807, 2.05) is 23.1 Å². The molecule has 3 fully saturated rings. The van der Waals surface area contributed by atoms with Gasteiger partial charge in [0.25, 0.3) is 0 Å². The summed E-state index contributed by atoms with van der Waals surface area (Å²) in [6.45, 7) is 5.56. The fraction of sp³-hybridized carbons (Fsp3) is 0.632. The fourth-order valence-corrected chi connectivity index (χ4v) is 4.32. The van der Waals surface area contributed by atoms with E-state index in [4.69, 9.17) is 16.3 Å². The lowest BCUT2D eigenvalue weighted by atomic mass is 10.1. The normalized spacial score (nSPS) is 30.5. The molecule has 2 aliphatic heterocycles. The van der Waals surface area contributed by atoms with Crippen LogP contribution in [0.25, 0.3) is 0 Å². The molecule has 130 valence electrons. The summed E-state index contributed by atoms with van der Waals surface area (Å²) in [5, 5.41) is 0.791.